The number of carboxylic acid groups (broad SMARTS) is 1. The van der Waals surface area contributed by atoms with E-state index in [9.17, 15) is 14.7 Å². The second-order valence-corrected chi connectivity index (χ2v) is 7.89. The molecule has 0 radical (unpaired) electrons. The number of carboxylic acids is 1. The molecule has 1 aromatic carbocycles. The standard InChI is InChI=1S/C20H24FN3O3.ClH/c1-10-17-13(7-15(20(26)27)19(25)24(17)14-3-4-14)8-16(21)18(10)23-6-5-12(9-23)11(2)22;/h7-8,11-12,14H,3-6,9,22H2,1-2H3,(H,26,27);1H/t11-,12?;/m0./s1. The molecule has 3 N–H and O–H groups in total. The quantitative estimate of drug-likeness (QED) is 0.810. The predicted molar refractivity (Wildman–Crippen MR) is 109 cm³/mol. The molecule has 2 atom stereocenters. The van der Waals surface area contributed by atoms with Gasteiger partial charge in [-0.1, -0.05) is 0 Å². The van der Waals surface area contributed by atoms with Crippen molar-refractivity contribution < 1.29 is 14.3 Å². The number of aromatic carboxylic acids is 1. The number of carbonyl (C=O) groups is 1. The number of rotatable bonds is 4. The first kappa shape index (κ1) is 20.6. The van der Waals surface area contributed by atoms with Crippen LogP contribution in [0, 0.1) is 18.7 Å². The van der Waals surface area contributed by atoms with Crippen LogP contribution in [0.2, 0.25) is 0 Å². The van der Waals surface area contributed by atoms with Crippen LogP contribution in [0.1, 0.15) is 48.1 Å². The van der Waals surface area contributed by atoms with E-state index in [0.717, 1.165) is 25.8 Å². The lowest BCUT2D eigenvalue weighted by molar-refractivity contribution is 0.0694. The molecule has 6 nitrogen and oxygen atoms in total. The van der Waals surface area contributed by atoms with Gasteiger partial charge in [0.15, 0.2) is 0 Å². The summed E-state index contributed by atoms with van der Waals surface area (Å²) in [4.78, 5) is 26.3. The van der Waals surface area contributed by atoms with Crippen LogP contribution in [0.25, 0.3) is 10.9 Å². The van der Waals surface area contributed by atoms with Crippen LogP contribution in [0.3, 0.4) is 0 Å². The molecule has 2 heterocycles. The number of pyridine rings is 1. The fraction of sp³-hybridized carbons (Fsp3) is 0.500. The SMILES string of the molecule is Cc1c(N2CCC([C@H](C)N)C2)c(F)cc2cc(C(=O)O)c(=O)n(C3CC3)c12.Cl. The number of fused-ring (bicyclic) bond motifs is 1. The van der Waals surface area contributed by atoms with Gasteiger partial charge in [-0.05, 0) is 56.7 Å². The molecular weight excluding hydrogens is 385 g/mol. The number of aromatic nitrogens is 1. The van der Waals surface area contributed by atoms with E-state index in [2.05, 4.69) is 0 Å². The first-order chi connectivity index (χ1) is 12.8. The van der Waals surface area contributed by atoms with Crippen LogP contribution in [-0.4, -0.2) is 34.8 Å². The van der Waals surface area contributed by atoms with Crippen molar-refractivity contribution in [2.24, 2.45) is 11.7 Å². The van der Waals surface area contributed by atoms with Crippen molar-refractivity contribution in [2.45, 2.75) is 45.2 Å². The summed E-state index contributed by atoms with van der Waals surface area (Å²) in [7, 11) is 0. The Morgan fingerprint density at radius 1 is 1.32 bits per heavy atom. The van der Waals surface area contributed by atoms with Gasteiger partial charge in [0.1, 0.15) is 11.4 Å². The topological polar surface area (TPSA) is 88.6 Å². The normalized spacial score (nSPS) is 20.3. The number of nitrogens with two attached hydrogens (primary N) is 1. The molecule has 0 amide bonds. The molecule has 1 saturated heterocycles. The Bertz CT molecular complexity index is 1000. The van der Waals surface area contributed by atoms with Gasteiger partial charge in [0.25, 0.3) is 5.56 Å². The highest BCUT2D eigenvalue weighted by Crippen LogP contribution is 2.40. The van der Waals surface area contributed by atoms with E-state index in [1.165, 1.54) is 12.1 Å². The minimum Gasteiger partial charge on any atom is -0.477 e. The van der Waals surface area contributed by atoms with Gasteiger partial charge in [-0.25, -0.2) is 9.18 Å². The zero-order chi connectivity index (χ0) is 19.5. The van der Waals surface area contributed by atoms with E-state index in [-0.39, 0.29) is 35.9 Å². The van der Waals surface area contributed by atoms with E-state index in [4.69, 9.17) is 5.73 Å². The fourth-order valence-corrected chi connectivity index (χ4v) is 4.30. The molecule has 1 saturated carbocycles. The van der Waals surface area contributed by atoms with E-state index >= 15 is 4.39 Å². The Hall–Kier alpha value is -2.12. The third-order valence-electron chi connectivity index (χ3n) is 5.91. The number of benzene rings is 1. The second-order valence-electron chi connectivity index (χ2n) is 7.89. The number of halogens is 2. The number of hydrogen-bond donors (Lipinski definition) is 2. The molecule has 28 heavy (non-hydrogen) atoms. The van der Waals surface area contributed by atoms with Gasteiger partial charge in [-0.3, -0.25) is 4.79 Å². The monoisotopic (exact) mass is 409 g/mol. The Morgan fingerprint density at radius 2 is 2.00 bits per heavy atom. The molecule has 152 valence electrons. The van der Waals surface area contributed by atoms with Gasteiger partial charge in [0.2, 0.25) is 0 Å². The molecule has 2 aromatic rings. The summed E-state index contributed by atoms with van der Waals surface area (Å²) in [6.07, 6.45) is 2.57. The maximum absolute atomic E-state index is 15.0. The van der Waals surface area contributed by atoms with Crippen molar-refractivity contribution in [3.8, 4) is 0 Å². The fourth-order valence-electron chi connectivity index (χ4n) is 4.30. The summed E-state index contributed by atoms with van der Waals surface area (Å²) in [6.45, 7) is 5.19. The van der Waals surface area contributed by atoms with Crippen LogP contribution >= 0.6 is 12.4 Å². The number of hydrogen-bond acceptors (Lipinski definition) is 4. The molecule has 2 fully saturated rings. The molecule has 8 heteroatoms. The van der Waals surface area contributed by atoms with Crippen LogP contribution in [0.5, 0.6) is 0 Å². The van der Waals surface area contributed by atoms with Crippen LogP contribution < -0.4 is 16.2 Å². The molecule has 1 unspecified atom stereocenters. The van der Waals surface area contributed by atoms with Gasteiger partial charge < -0.3 is 20.3 Å². The largest absolute Gasteiger partial charge is 0.477 e. The Balaban J connectivity index is 0.00000225. The maximum Gasteiger partial charge on any atom is 0.341 e. The first-order valence-electron chi connectivity index (χ1n) is 9.41. The van der Waals surface area contributed by atoms with E-state index in [1.807, 2.05) is 18.7 Å². The lowest BCUT2D eigenvalue weighted by atomic mass is 10.0. The Labute approximate surface area is 168 Å². The third-order valence-corrected chi connectivity index (χ3v) is 5.91. The van der Waals surface area contributed by atoms with Crippen LogP contribution in [0.4, 0.5) is 10.1 Å². The molecule has 1 aliphatic carbocycles. The molecular formula is C20H25ClFN3O3. The Morgan fingerprint density at radius 3 is 2.54 bits per heavy atom. The summed E-state index contributed by atoms with van der Waals surface area (Å²) >= 11 is 0. The lowest BCUT2D eigenvalue weighted by Crippen LogP contribution is -2.31. The van der Waals surface area contributed by atoms with Gasteiger partial charge in [-0.2, -0.15) is 0 Å². The van der Waals surface area contributed by atoms with E-state index in [1.54, 1.807) is 4.57 Å². The predicted octanol–water partition coefficient (Wildman–Crippen LogP) is 3.08. The highest BCUT2D eigenvalue weighted by molar-refractivity contribution is 5.95. The highest BCUT2D eigenvalue weighted by Gasteiger charge is 2.32. The zero-order valence-corrected chi connectivity index (χ0v) is 16.8. The lowest BCUT2D eigenvalue weighted by Gasteiger charge is -2.25. The van der Waals surface area contributed by atoms with Crippen molar-refractivity contribution >= 4 is 35.0 Å². The molecule has 4 rings (SSSR count). The summed E-state index contributed by atoms with van der Waals surface area (Å²) in [5, 5.41) is 9.83. The number of nitrogens with zero attached hydrogens (tertiary/aromatic N) is 2. The van der Waals surface area contributed by atoms with Crippen molar-refractivity contribution in [1.29, 1.82) is 0 Å². The summed E-state index contributed by atoms with van der Waals surface area (Å²) < 4.78 is 16.6. The van der Waals surface area contributed by atoms with E-state index < -0.39 is 11.5 Å². The van der Waals surface area contributed by atoms with E-state index in [0.29, 0.717) is 34.6 Å². The smallest absolute Gasteiger partial charge is 0.341 e. The van der Waals surface area contributed by atoms with Gasteiger partial charge in [0.05, 0.1) is 11.2 Å². The first-order valence-corrected chi connectivity index (χ1v) is 9.41. The van der Waals surface area contributed by atoms with Crippen LogP contribution in [-0.2, 0) is 0 Å². The summed E-state index contributed by atoms with van der Waals surface area (Å²) in [5.74, 6) is -1.36. The van der Waals surface area contributed by atoms with Crippen molar-refractivity contribution in [2.75, 3.05) is 18.0 Å². The minimum absolute atomic E-state index is 0. The molecule has 1 aliphatic heterocycles. The number of aryl methyl sites for hydroxylation is 1. The maximum atomic E-state index is 15.0. The Kier molecular flexibility index (Phi) is 5.42. The van der Waals surface area contributed by atoms with Gasteiger partial charge in [-0.15, -0.1) is 12.4 Å². The molecule has 0 bridgehead atoms. The van der Waals surface area contributed by atoms with Crippen molar-refractivity contribution in [3.05, 3.63) is 39.4 Å². The average Bonchev–Trinajstić information content (AvgIpc) is 3.31. The average molecular weight is 410 g/mol. The minimum atomic E-state index is -1.28. The number of anilines is 1. The summed E-state index contributed by atoms with van der Waals surface area (Å²) in [6, 6.07) is 2.70. The molecule has 1 aromatic heterocycles. The van der Waals surface area contributed by atoms with Crippen LogP contribution in [0.15, 0.2) is 16.9 Å². The highest BCUT2D eigenvalue weighted by atomic mass is 35.5. The van der Waals surface area contributed by atoms with Crippen molar-refractivity contribution in [1.82, 2.24) is 4.57 Å². The molecule has 0 spiro atoms. The van der Waals surface area contributed by atoms with Gasteiger partial charge >= 0.3 is 5.97 Å². The third kappa shape index (κ3) is 3.26. The van der Waals surface area contributed by atoms with Gasteiger partial charge in [0, 0.05) is 30.6 Å². The summed E-state index contributed by atoms with van der Waals surface area (Å²) in [5.41, 5.74) is 7.05. The zero-order valence-electron chi connectivity index (χ0n) is 15.9. The van der Waals surface area contributed by atoms with Crippen molar-refractivity contribution in [3.63, 3.8) is 0 Å². The molecule has 2 aliphatic rings. The second kappa shape index (κ2) is 7.37.